The summed E-state index contributed by atoms with van der Waals surface area (Å²) in [6.07, 6.45) is 0.584. The van der Waals surface area contributed by atoms with Crippen LogP contribution in [0.5, 0.6) is 0 Å². The van der Waals surface area contributed by atoms with Gasteiger partial charge < -0.3 is 10.6 Å². The minimum Gasteiger partial charge on any atom is -0.340 e. The van der Waals surface area contributed by atoms with Gasteiger partial charge in [-0.25, -0.2) is 4.39 Å². The van der Waals surface area contributed by atoms with E-state index in [0.29, 0.717) is 12.0 Å². The zero-order valence-electron chi connectivity index (χ0n) is 9.61. The van der Waals surface area contributed by atoms with Crippen molar-refractivity contribution in [2.24, 2.45) is 5.73 Å². The molecular formula is C12H17FN2O. The molecule has 0 fully saturated rings. The van der Waals surface area contributed by atoms with E-state index in [4.69, 9.17) is 5.73 Å². The van der Waals surface area contributed by atoms with E-state index in [-0.39, 0.29) is 18.3 Å². The predicted octanol–water partition coefficient (Wildman–Crippen LogP) is 1.52. The Bertz CT molecular complexity index is 368. The van der Waals surface area contributed by atoms with Crippen LogP contribution in [0.25, 0.3) is 0 Å². The van der Waals surface area contributed by atoms with Crippen LogP contribution in [0.4, 0.5) is 4.39 Å². The van der Waals surface area contributed by atoms with E-state index in [1.807, 2.05) is 6.92 Å². The molecule has 88 valence electrons. The molecule has 0 spiro atoms. The highest BCUT2D eigenvalue weighted by Crippen LogP contribution is 2.09. The Balaban J connectivity index is 2.68. The molecule has 0 aliphatic rings. The van der Waals surface area contributed by atoms with Gasteiger partial charge in [0.2, 0.25) is 5.91 Å². The molecule has 3 nitrogen and oxygen atoms in total. The zero-order chi connectivity index (χ0) is 12.1. The number of likely N-dealkylation sites (N-methyl/N-ethyl adjacent to an activating group) is 1. The summed E-state index contributed by atoms with van der Waals surface area (Å²) in [6, 6.07) is 5.91. The van der Waals surface area contributed by atoms with E-state index < -0.39 is 6.04 Å². The summed E-state index contributed by atoms with van der Waals surface area (Å²) >= 11 is 0. The molecule has 1 aromatic carbocycles. The second-order valence-corrected chi connectivity index (χ2v) is 3.80. The molecule has 0 bridgehead atoms. The minimum absolute atomic E-state index is 0.161. The van der Waals surface area contributed by atoms with Crippen molar-refractivity contribution in [3.63, 3.8) is 0 Å². The van der Waals surface area contributed by atoms with Crippen LogP contribution in [0.1, 0.15) is 18.9 Å². The number of carbonyl (C=O) groups is 1. The Morgan fingerprint density at radius 2 is 2.12 bits per heavy atom. The Morgan fingerprint density at radius 1 is 1.50 bits per heavy atom. The first-order valence-corrected chi connectivity index (χ1v) is 5.30. The van der Waals surface area contributed by atoms with Crippen LogP contribution < -0.4 is 5.73 Å². The van der Waals surface area contributed by atoms with Crippen molar-refractivity contribution in [3.8, 4) is 0 Å². The van der Waals surface area contributed by atoms with Gasteiger partial charge in [-0.2, -0.15) is 0 Å². The molecule has 0 aliphatic heterocycles. The monoisotopic (exact) mass is 224 g/mol. The van der Waals surface area contributed by atoms with Crippen molar-refractivity contribution >= 4 is 5.91 Å². The molecule has 1 amide bonds. The van der Waals surface area contributed by atoms with Crippen LogP contribution in [-0.4, -0.2) is 23.9 Å². The van der Waals surface area contributed by atoms with Crippen molar-refractivity contribution in [1.82, 2.24) is 4.90 Å². The lowest BCUT2D eigenvalue weighted by Gasteiger charge is -2.20. The summed E-state index contributed by atoms with van der Waals surface area (Å²) < 4.78 is 13.3. The van der Waals surface area contributed by atoms with E-state index >= 15 is 0 Å². The van der Waals surface area contributed by atoms with Crippen LogP contribution >= 0.6 is 0 Å². The van der Waals surface area contributed by atoms with Gasteiger partial charge in [0.15, 0.2) is 0 Å². The Labute approximate surface area is 95.0 Å². The van der Waals surface area contributed by atoms with E-state index in [0.717, 1.165) is 0 Å². The number of hydrogen-bond donors (Lipinski definition) is 1. The lowest BCUT2D eigenvalue weighted by Crippen LogP contribution is -2.41. The number of amides is 1. The SMILES string of the molecule is CCC(N)C(=O)N(C)Cc1ccccc1F. The van der Waals surface area contributed by atoms with Gasteiger partial charge in [-0.15, -0.1) is 0 Å². The number of nitrogens with two attached hydrogens (primary N) is 1. The quantitative estimate of drug-likeness (QED) is 0.842. The van der Waals surface area contributed by atoms with E-state index in [9.17, 15) is 9.18 Å². The third kappa shape index (κ3) is 3.03. The smallest absolute Gasteiger partial charge is 0.239 e. The topological polar surface area (TPSA) is 46.3 Å². The molecule has 0 saturated carbocycles. The largest absolute Gasteiger partial charge is 0.340 e. The maximum absolute atomic E-state index is 13.3. The lowest BCUT2D eigenvalue weighted by molar-refractivity contribution is -0.131. The van der Waals surface area contributed by atoms with Crippen molar-refractivity contribution in [1.29, 1.82) is 0 Å². The first-order valence-electron chi connectivity index (χ1n) is 5.30. The molecule has 4 heteroatoms. The number of halogens is 1. The summed E-state index contributed by atoms with van der Waals surface area (Å²) in [5, 5.41) is 0. The Morgan fingerprint density at radius 3 is 2.69 bits per heavy atom. The van der Waals surface area contributed by atoms with Crippen LogP contribution in [-0.2, 0) is 11.3 Å². The molecule has 0 radical (unpaired) electrons. The van der Waals surface area contributed by atoms with Gasteiger partial charge in [0, 0.05) is 19.2 Å². The fraction of sp³-hybridized carbons (Fsp3) is 0.417. The third-order valence-corrected chi connectivity index (χ3v) is 2.50. The summed E-state index contributed by atoms with van der Waals surface area (Å²) in [6.45, 7) is 2.10. The molecule has 0 heterocycles. The van der Waals surface area contributed by atoms with Gasteiger partial charge >= 0.3 is 0 Å². The predicted molar refractivity (Wildman–Crippen MR) is 61.1 cm³/mol. The van der Waals surface area contributed by atoms with Crippen molar-refractivity contribution in [2.45, 2.75) is 25.9 Å². The average molecular weight is 224 g/mol. The molecule has 1 unspecified atom stereocenters. The maximum Gasteiger partial charge on any atom is 0.239 e. The van der Waals surface area contributed by atoms with Crippen molar-refractivity contribution in [3.05, 3.63) is 35.6 Å². The molecule has 2 N–H and O–H groups in total. The number of carbonyl (C=O) groups excluding carboxylic acids is 1. The molecule has 16 heavy (non-hydrogen) atoms. The second-order valence-electron chi connectivity index (χ2n) is 3.80. The van der Waals surface area contributed by atoms with Gasteiger partial charge in [0.25, 0.3) is 0 Å². The van der Waals surface area contributed by atoms with Crippen LogP contribution in [0.15, 0.2) is 24.3 Å². The van der Waals surface area contributed by atoms with Crippen molar-refractivity contribution < 1.29 is 9.18 Å². The van der Waals surface area contributed by atoms with Gasteiger partial charge in [-0.3, -0.25) is 4.79 Å². The van der Waals surface area contributed by atoms with Gasteiger partial charge in [-0.05, 0) is 12.5 Å². The highest BCUT2D eigenvalue weighted by molar-refractivity contribution is 5.81. The highest BCUT2D eigenvalue weighted by Gasteiger charge is 2.16. The molecule has 0 aliphatic carbocycles. The molecule has 1 aromatic rings. The number of hydrogen-bond acceptors (Lipinski definition) is 2. The standard InChI is InChI=1S/C12H17FN2O/c1-3-11(14)12(16)15(2)8-9-6-4-5-7-10(9)13/h4-7,11H,3,8,14H2,1-2H3. The number of rotatable bonds is 4. The first kappa shape index (κ1) is 12.6. The average Bonchev–Trinajstić information content (AvgIpc) is 2.30. The van der Waals surface area contributed by atoms with E-state index in [2.05, 4.69) is 0 Å². The van der Waals surface area contributed by atoms with Crippen molar-refractivity contribution in [2.75, 3.05) is 7.05 Å². The summed E-state index contributed by atoms with van der Waals surface area (Å²) in [5.41, 5.74) is 6.13. The summed E-state index contributed by atoms with van der Waals surface area (Å²) in [4.78, 5) is 13.1. The molecule has 0 aromatic heterocycles. The van der Waals surface area contributed by atoms with Crippen LogP contribution in [0, 0.1) is 5.82 Å². The normalized spacial score (nSPS) is 12.2. The van der Waals surface area contributed by atoms with Crippen LogP contribution in [0.2, 0.25) is 0 Å². The van der Waals surface area contributed by atoms with Gasteiger partial charge in [-0.1, -0.05) is 25.1 Å². The van der Waals surface area contributed by atoms with E-state index in [1.54, 1.807) is 25.2 Å². The maximum atomic E-state index is 13.3. The molecule has 1 rings (SSSR count). The van der Waals surface area contributed by atoms with Gasteiger partial charge in [0.1, 0.15) is 5.82 Å². The van der Waals surface area contributed by atoms with Gasteiger partial charge in [0.05, 0.1) is 6.04 Å². The Hall–Kier alpha value is -1.42. The first-order chi connectivity index (χ1) is 7.56. The third-order valence-electron chi connectivity index (χ3n) is 2.50. The number of benzene rings is 1. The summed E-state index contributed by atoms with van der Waals surface area (Å²) in [5.74, 6) is -0.460. The summed E-state index contributed by atoms with van der Waals surface area (Å²) in [7, 11) is 1.63. The molecule has 1 atom stereocenters. The Kier molecular flexibility index (Phi) is 4.43. The van der Waals surface area contributed by atoms with E-state index in [1.165, 1.54) is 11.0 Å². The second kappa shape index (κ2) is 5.61. The van der Waals surface area contributed by atoms with Crippen LogP contribution in [0.3, 0.4) is 0 Å². The molecule has 0 saturated heterocycles. The fourth-order valence-corrected chi connectivity index (χ4v) is 1.42. The fourth-order valence-electron chi connectivity index (χ4n) is 1.42. The minimum atomic E-state index is -0.503. The molecular weight excluding hydrogens is 207 g/mol. The lowest BCUT2D eigenvalue weighted by atomic mass is 10.1. The highest BCUT2D eigenvalue weighted by atomic mass is 19.1. The number of nitrogens with zero attached hydrogens (tertiary/aromatic N) is 1. The zero-order valence-corrected chi connectivity index (χ0v) is 9.61.